The Bertz CT molecular complexity index is 399. The van der Waals surface area contributed by atoms with Crippen LogP contribution in [0.25, 0.3) is 0 Å². The van der Waals surface area contributed by atoms with Crippen LogP contribution in [0.15, 0.2) is 24.3 Å². The minimum Gasteiger partial charge on any atom is -0.382 e. The van der Waals surface area contributed by atoms with Crippen LogP contribution in [-0.4, -0.2) is 50.1 Å². The maximum Gasteiger partial charge on any atom is 0.0342 e. The quantitative estimate of drug-likeness (QED) is 0.891. The van der Waals surface area contributed by atoms with E-state index in [0.717, 1.165) is 12.5 Å². The molecule has 1 saturated heterocycles. The zero-order valence-corrected chi connectivity index (χ0v) is 13.4. The lowest BCUT2D eigenvalue weighted by Gasteiger charge is -2.34. The maximum atomic E-state index is 3.67. The van der Waals surface area contributed by atoms with E-state index in [1.54, 1.807) is 0 Å². The highest BCUT2D eigenvalue weighted by atomic mass is 15.1. The average molecular weight is 275 g/mol. The van der Waals surface area contributed by atoms with E-state index in [0.29, 0.717) is 6.04 Å². The van der Waals surface area contributed by atoms with Crippen molar-refractivity contribution in [3.63, 3.8) is 0 Å². The summed E-state index contributed by atoms with van der Waals surface area (Å²) in [4.78, 5) is 4.65. The van der Waals surface area contributed by atoms with Crippen LogP contribution < -0.4 is 5.32 Å². The zero-order chi connectivity index (χ0) is 14.5. The van der Waals surface area contributed by atoms with Crippen LogP contribution in [0.3, 0.4) is 0 Å². The van der Waals surface area contributed by atoms with E-state index in [9.17, 15) is 0 Å². The third kappa shape index (κ3) is 4.50. The van der Waals surface area contributed by atoms with Gasteiger partial charge in [-0.05, 0) is 71.1 Å². The van der Waals surface area contributed by atoms with Crippen molar-refractivity contribution in [3.8, 4) is 0 Å². The van der Waals surface area contributed by atoms with Crippen LogP contribution in [-0.2, 0) is 6.54 Å². The standard InChI is InChI=1S/C17H29N3/c1-14(16-6-5-11-20(4)13-16)18-17-9-7-15(8-10-17)12-19(2)3/h7-10,14,16,18H,5-6,11-13H2,1-4H3. The van der Waals surface area contributed by atoms with Gasteiger partial charge in [0.25, 0.3) is 0 Å². The molecule has 3 nitrogen and oxygen atoms in total. The van der Waals surface area contributed by atoms with Crippen molar-refractivity contribution in [1.29, 1.82) is 0 Å². The maximum absolute atomic E-state index is 3.67. The van der Waals surface area contributed by atoms with Gasteiger partial charge in [0.05, 0.1) is 0 Å². The number of likely N-dealkylation sites (tertiary alicyclic amines) is 1. The number of hydrogen-bond acceptors (Lipinski definition) is 3. The molecule has 1 fully saturated rings. The molecule has 1 aliphatic heterocycles. The zero-order valence-electron chi connectivity index (χ0n) is 13.4. The molecule has 2 atom stereocenters. The molecule has 0 spiro atoms. The minimum atomic E-state index is 0.539. The van der Waals surface area contributed by atoms with E-state index >= 15 is 0 Å². The first-order chi connectivity index (χ1) is 9.54. The fourth-order valence-corrected chi connectivity index (χ4v) is 3.07. The molecular formula is C17H29N3. The van der Waals surface area contributed by atoms with Gasteiger partial charge >= 0.3 is 0 Å². The van der Waals surface area contributed by atoms with Gasteiger partial charge in [-0.25, -0.2) is 0 Å². The summed E-state index contributed by atoms with van der Waals surface area (Å²) in [6.45, 7) is 5.79. The van der Waals surface area contributed by atoms with Crippen LogP contribution in [0.4, 0.5) is 5.69 Å². The van der Waals surface area contributed by atoms with Crippen molar-refractivity contribution < 1.29 is 0 Å². The van der Waals surface area contributed by atoms with Gasteiger partial charge in [-0.1, -0.05) is 12.1 Å². The molecule has 1 aliphatic rings. The lowest BCUT2D eigenvalue weighted by molar-refractivity contribution is 0.197. The molecule has 0 radical (unpaired) electrons. The molecule has 3 heteroatoms. The highest BCUT2D eigenvalue weighted by Crippen LogP contribution is 2.22. The Kier molecular flexibility index (Phi) is 5.44. The Balaban J connectivity index is 1.88. The Hall–Kier alpha value is -1.06. The van der Waals surface area contributed by atoms with Gasteiger partial charge in [-0.2, -0.15) is 0 Å². The second-order valence-corrected chi connectivity index (χ2v) is 6.53. The predicted molar refractivity (Wildman–Crippen MR) is 87.1 cm³/mol. The molecule has 0 aliphatic carbocycles. The summed E-state index contributed by atoms with van der Waals surface area (Å²) in [5.41, 5.74) is 2.61. The Morgan fingerprint density at radius 3 is 2.60 bits per heavy atom. The highest BCUT2D eigenvalue weighted by Gasteiger charge is 2.22. The van der Waals surface area contributed by atoms with Crippen LogP contribution in [0.2, 0.25) is 0 Å². The van der Waals surface area contributed by atoms with Crippen molar-refractivity contribution in [2.45, 2.75) is 32.4 Å². The van der Waals surface area contributed by atoms with Crippen LogP contribution in [0, 0.1) is 5.92 Å². The third-order valence-electron chi connectivity index (χ3n) is 4.22. The summed E-state index contributed by atoms with van der Waals surface area (Å²) in [5, 5.41) is 3.67. The summed E-state index contributed by atoms with van der Waals surface area (Å²) in [6, 6.07) is 9.41. The van der Waals surface area contributed by atoms with Crippen LogP contribution in [0.1, 0.15) is 25.3 Å². The number of hydrogen-bond donors (Lipinski definition) is 1. The SMILES string of the molecule is CC(Nc1ccc(CN(C)C)cc1)C1CCCN(C)C1. The van der Waals surface area contributed by atoms with Crippen molar-refractivity contribution >= 4 is 5.69 Å². The topological polar surface area (TPSA) is 18.5 Å². The molecule has 1 heterocycles. The Morgan fingerprint density at radius 1 is 1.30 bits per heavy atom. The first-order valence-corrected chi connectivity index (χ1v) is 7.73. The molecule has 2 unspecified atom stereocenters. The molecule has 20 heavy (non-hydrogen) atoms. The molecule has 112 valence electrons. The number of nitrogens with one attached hydrogen (secondary N) is 1. The molecule has 1 aromatic rings. The molecule has 0 amide bonds. The Labute approximate surface area is 124 Å². The molecule has 0 bridgehead atoms. The van der Waals surface area contributed by atoms with Gasteiger partial charge in [0.1, 0.15) is 0 Å². The molecule has 0 saturated carbocycles. The van der Waals surface area contributed by atoms with Crippen molar-refractivity contribution in [1.82, 2.24) is 9.80 Å². The van der Waals surface area contributed by atoms with Crippen LogP contribution >= 0.6 is 0 Å². The highest BCUT2D eigenvalue weighted by molar-refractivity contribution is 5.45. The largest absolute Gasteiger partial charge is 0.382 e. The first kappa shape index (κ1) is 15.3. The van der Waals surface area contributed by atoms with E-state index in [4.69, 9.17) is 0 Å². The molecular weight excluding hydrogens is 246 g/mol. The summed E-state index contributed by atoms with van der Waals surface area (Å²) in [5.74, 6) is 0.759. The number of anilines is 1. The van der Waals surface area contributed by atoms with E-state index in [2.05, 4.69) is 67.4 Å². The van der Waals surface area contributed by atoms with Gasteiger partial charge in [-0.3, -0.25) is 0 Å². The molecule has 1 N–H and O–H groups in total. The summed E-state index contributed by atoms with van der Waals surface area (Å²) < 4.78 is 0. The first-order valence-electron chi connectivity index (χ1n) is 7.73. The minimum absolute atomic E-state index is 0.539. The third-order valence-corrected chi connectivity index (χ3v) is 4.22. The second kappa shape index (κ2) is 7.09. The fourth-order valence-electron chi connectivity index (χ4n) is 3.07. The summed E-state index contributed by atoms with van der Waals surface area (Å²) >= 11 is 0. The van der Waals surface area contributed by atoms with Crippen LogP contribution in [0.5, 0.6) is 0 Å². The number of rotatable bonds is 5. The lowest BCUT2D eigenvalue weighted by atomic mass is 9.91. The van der Waals surface area contributed by atoms with E-state index < -0.39 is 0 Å². The number of nitrogens with zero attached hydrogens (tertiary/aromatic N) is 2. The van der Waals surface area contributed by atoms with Gasteiger partial charge in [0.2, 0.25) is 0 Å². The van der Waals surface area contributed by atoms with E-state index in [-0.39, 0.29) is 0 Å². The number of piperidine rings is 1. The molecule has 2 rings (SSSR count). The predicted octanol–water partition coefficient (Wildman–Crippen LogP) is 2.89. The lowest BCUT2D eigenvalue weighted by Crippen LogP contribution is -2.39. The summed E-state index contributed by atoms with van der Waals surface area (Å²) in [6.07, 6.45) is 2.67. The van der Waals surface area contributed by atoms with E-state index in [1.807, 2.05) is 0 Å². The smallest absolute Gasteiger partial charge is 0.0342 e. The van der Waals surface area contributed by atoms with Crippen molar-refractivity contribution in [2.75, 3.05) is 39.5 Å². The van der Waals surface area contributed by atoms with Crippen molar-refractivity contribution in [3.05, 3.63) is 29.8 Å². The average Bonchev–Trinajstić information content (AvgIpc) is 2.40. The molecule has 0 aromatic heterocycles. The molecule has 1 aromatic carbocycles. The van der Waals surface area contributed by atoms with E-state index in [1.165, 1.54) is 37.2 Å². The second-order valence-electron chi connectivity index (χ2n) is 6.53. The van der Waals surface area contributed by atoms with Crippen molar-refractivity contribution in [2.24, 2.45) is 5.92 Å². The van der Waals surface area contributed by atoms with Gasteiger partial charge < -0.3 is 15.1 Å². The van der Waals surface area contributed by atoms with Gasteiger partial charge in [-0.15, -0.1) is 0 Å². The Morgan fingerprint density at radius 2 is 2.00 bits per heavy atom. The van der Waals surface area contributed by atoms with Gasteiger partial charge in [0.15, 0.2) is 0 Å². The fraction of sp³-hybridized carbons (Fsp3) is 0.647. The normalized spacial score (nSPS) is 21.9. The summed E-state index contributed by atoms with van der Waals surface area (Å²) in [7, 11) is 6.44. The monoisotopic (exact) mass is 275 g/mol. The van der Waals surface area contributed by atoms with Gasteiger partial charge in [0, 0.05) is 24.8 Å². The number of benzene rings is 1.